The Balaban J connectivity index is 1.83. The largest absolute Gasteiger partial charge is 0.322 e. The van der Waals surface area contributed by atoms with Crippen LogP contribution in [0.4, 0.5) is 11.4 Å². The molecule has 30 heavy (non-hydrogen) atoms. The highest BCUT2D eigenvalue weighted by molar-refractivity contribution is 7.14. The number of carbonyl (C=O) groups is 2. The van der Waals surface area contributed by atoms with Crippen LogP contribution in [0.1, 0.15) is 24.9 Å². The number of thiophene rings is 1. The molecule has 0 atom stereocenters. The van der Waals surface area contributed by atoms with E-state index < -0.39 is 11.8 Å². The van der Waals surface area contributed by atoms with Gasteiger partial charge in [0.15, 0.2) is 0 Å². The third kappa shape index (κ3) is 5.74. The monoisotopic (exact) mass is 481 g/mol. The Morgan fingerprint density at radius 1 is 0.900 bits per heavy atom. The summed E-state index contributed by atoms with van der Waals surface area (Å²) in [5.41, 5.74) is 1.12. The Morgan fingerprint density at radius 2 is 1.57 bits per heavy atom. The molecule has 0 fully saturated rings. The van der Waals surface area contributed by atoms with Crippen LogP contribution < -0.4 is 10.6 Å². The van der Waals surface area contributed by atoms with Gasteiger partial charge in [0.25, 0.3) is 11.8 Å². The van der Waals surface area contributed by atoms with Crippen molar-refractivity contribution in [1.29, 1.82) is 0 Å². The van der Waals surface area contributed by atoms with Crippen LogP contribution in [0.2, 0.25) is 15.1 Å². The maximum atomic E-state index is 12.8. The Morgan fingerprint density at radius 3 is 2.23 bits per heavy atom. The van der Waals surface area contributed by atoms with Crippen molar-refractivity contribution in [3.05, 3.63) is 78.9 Å². The van der Waals surface area contributed by atoms with Crippen LogP contribution in [-0.4, -0.2) is 30.8 Å². The molecule has 0 unspecified atom stereocenters. The van der Waals surface area contributed by atoms with Gasteiger partial charge in [-0.3, -0.25) is 9.59 Å². The molecule has 0 aliphatic rings. The van der Waals surface area contributed by atoms with E-state index in [9.17, 15) is 9.59 Å². The molecule has 2 N–H and O–H groups in total. The number of hydrogen-bond acceptors (Lipinski definition) is 4. The lowest BCUT2D eigenvalue weighted by Gasteiger charge is -2.12. The molecular formula is C21H18Cl3N3O2S. The van der Waals surface area contributed by atoms with Crippen molar-refractivity contribution in [3.63, 3.8) is 0 Å². The minimum atomic E-state index is -0.416. The molecule has 0 saturated heterocycles. The van der Waals surface area contributed by atoms with E-state index in [0.717, 1.165) is 4.88 Å². The predicted octanol–water partition coefficient (Wildman–Crippen LogP) is 6.27. The number of amides is 2. The molecule has 0 saturated carbocycles. The summed E-state index contributed by atoms with van der Waals surface area (Å²) < 4.78 is 0. The molecule has 2 aromatic carbocycles. The maximum absolute atomic E-state index is 12.8. The zero-order valence-electron chi connectivity index (χ0n) is 16.1. The van der Waals surface area contributed by atoms with Gasteiger partial charge in [0.1, 0.15) is 4.88 Å². The Kier molecular flexibility index (Phi) is 7.39. The van der Waals surface area contributed by atoms with E-state index in [0.29, 0.717) is 37.9 Å². The summed E-state index contributed by atoms with van der Waals surface area (Å²) >= 11 is 19.5. The van der Waals surface area contributed by atoms with Gasteiger partial charge < -0.3 is 15.5 Å². The molecule has 1 heterocycles. The molecule has 0 aliphatic carbocycles. The van der Waals surface area contributed by atoms with Crippen molar-refractivity contribution in [2.45, 2.75) is 6.54 Å². The standard InChI is InChI=1S/C21H18Cl3N3O2S/c1-27(2)11-15-10-17(24)19(30-15)21(29)26-18-8-5-13(23)9-16(18)20(28)25-14-6-3-12(22)4-7-14/h3-10H,11H2,1-2H3,(H,25,28)(H,26,29). The number of nitrogens with one attached hydrogen (secondary N) is 2. The highest BCUT2D eigenvalue weighted by atomic mass is 35.5. The normalized spacial score (nSPS) is 10.9. The SMILES string of the molecule is CN(C)Cc1cc(Cl)c(C(=O)Nc2ccc(Cl)cc2C(=O)Nc2ccc(Cl)cc2)s1. The lowest BCUT2D eigenvalue weighted by molar-refractivity contribution is 0.102. The third-order valence-electron chi connectivity index (χ3n) is 3.99. The smallest absolute Gasteiger partial charge is 0.267 e. The molecule has 0 radical (unpaired) electrons. The van der Waals surface area contributed by atoms with Crippen LogP contribution in [0.5, 0.6) is 0 Å². The van der Waals surface area contributed by atoms with Gasteiger partial charge in [-0.05, 0) is 62.6 Å². The predicted molar refractivity (Wildman–Crippen MR) is 126 cm³/mol. The van der Waals surface area contributed by atoms with Crippen LogP contribution >= 0.6 is 46.1 Å². The molecule has 3 rings (SSSR count). The third-order valence-corrected chi connectivity index (χ3v) is 6.01. The second-order valence-corrected chi connectivity index (χ2v) is 9.15. The molecule has 2 amide bonds. The van der Waals surface area contributed by atoms with E-state index in [2.05, 4.69) is 10.6 Å². The highest BCUT2D eigenvalue weighted by Crippen LogP contribution is 2.30. The van der Waals surface area contributed by atoms with Crippen LogP contribution in [0.15, 0.2) is 48.5 Å². The quantitative estimate of drug-likeness (QED) is 0.435. The van der Waals surface area contributed by atoms with Gasteiger partial charge in [-0.1, -0.05) is 34.8 Å². The number of benzene rings is 2. The van der Waals surface area contributed by atoms with E-state index in [1.54, 1.807) is 42.5 Å². The van der Waals surface area contributed by atoms with Crippen molar-refractivity contribution in [2.24, 2.45) is 0 Å². The van der Waals surface area contributed by atoms with E-state index in [-0.39, 0.29) is 5.56 Å². The second kappa shape index (κ2) is 9.81. The summed E-state index contributed by atoms with van der Waals surface area (Å²) in [6, 6.07) is 13.2. The summed E-state index contributed by atoms with van der Waals surface area (Å²) in [4.78, 5) is 28.9. The van der Waals surface area contributed by atoms with Crippen molar-refractivity contribution >= 4 is 69.3 Å². The van der Waals surface area contributed by atoms with Crippen LogP contribution in [0.25, 0.3) is 0 Å². The van der Waals surface area contributed by atoms with Crippen molar-refractivity contribution in [3.8, 4) is 0 Å². The second-order valence-electron chi connectivity index (χ2n) is 6.73. The Labute approximate surface area is 193 Å². The first-order chi connectivity index (χ1) is 14.2. The van der Waals surface area contributed by atoms with Gasteiger partial charge in [-0.25, -0.2) is 0 Å². The van der Waals surface area contributed by atoms with E-state index >= 15 is 0 Å². The fourth-order valence-corrected chi connectivity index (χ4v) is 4.44. The molecule has 5 nitrogen and oxygen atoms in total. The number of carbonyl (C=O) groups excluding carboxylic acids is 2. The molecule has 0 spiro atoms. The highest BCUT2D eigenvalue weighted by Gasteiger charge is 2.19. The lowest BCUT2D eigenvalue weighted by atomic mass is 10.1. The minimum absolute atomic E-state index is 0.229. The topological polar surface area (TPSA) is 61.4 Å². The number of hydrogen-bond donors (Lipinski definition) is 2. The Hall–Kier alpha value is -2.09. The van der Waals surface area contributed by atoms with Gasteiger partial charge in [0.2, 0.25) is 0 Å². The molecule has 3 aromatic rings. The summed E-state index contributed by atoms with van der Waals surface area (Å²) in [6.07, 6.45) is 0. The average molecular weight is 483 g/mol. The van der Waals surface area contributed by atoms with E-state index in [1.165, 1.54) is 17.4 Å². The van der Waals surface area contributed by atoms with Gasteiger partial charge in [0.05, 0.1) is 16.3 Å². The first-order valence-electron chi connectivity index (χ1n) is 8.83. The Bertz CT molecular complexity index is 1080. The van der Waals surface area contributed by atoms with Crippen molar-refractivity contribution in [2.75, 3.05) is 24.7 Å². The summed E-state index contributed by atoms with van der Waals surface area (Å²) in [5, 5.41) is 6.84. The number of nitrogens with zero attached hydrogens (tertiary/aromatic N) is 1. The van der Waals surface area contributed by atoms with Crippen molar-refractivity contribution < 1.29 is 9.59 Å². The zero-order valence-corrected chi connectivity index (χ0v) is 19.2. The first kappa shape index (κ1) is 22.6. The van der Waals surface area contributed by atoms with Crippen LogP contribution in [-0.2, 0) is 6.54 Å². The van der Waals surface area contributed by atoms with Gasteiger partial charge >= 0.3 is 0 Å². The number of rotatable bonds is 6. The van der Waals surface area contributed by atoms with Gasteiger partial charge in [-0.15, -0.1) is 11.3 Å². The zero-order chi connectivity index (χ0) is 21.8. The molecular weight excluding hydrogens is 465 g/mol. The van der Waals surface area contributed by atoms with E-state index in [1.807, 2.05) is 19.0 Å². The number of halogens is 3. The average Bonchev–Trinajstić information content (AvgIpc) is 3.04. The molecule has 0 bridgehead atoms. The van der Waals surface area contributed by atoms with E-state index in [4.69, 9.17) is 34.8 Å². The summed E-state index contributed by atoms with van der Waals surface area (Å²) in [5.74, 6) is -0.807. The summed E-state index contributed by atoms with van der Waals surface area (Å²) in [6.45, 7) is 0.674. The maximum Gasteiger partial charge on any atom is 0.267 e. The van der Waals surface area contributed by atoms with Crippen LogP contribution in [0.3, 0.4) is 0 Å². The molecule has 9 heteroatoms. The minimum Gasteiger partial charge on any atom is -0.322 e. The first-order valence-corrected chi connectivity index (χ1v) is 10.8. The summed E-state index contributed by atoms with van der Waals surface area (Å²) in [7, 11) is 3.87. The molecule has 156 valence electrons. The molecule has 1 aromatic heterocycles. The lowest BCUT2D eigenvalue weighted by Crippen LogP contribution is -2.18. The van der Waals surface area contributed by atoms with Crippen LogP contribution in [0, 0.1) is 0 Å². The molecule has 0 aliphatic heterocycles. The fourth-order valence-electron chi connectivity index (χ4n) is 2.68. The number of anilines is 2. The fraction of sp³-hybridized carbons (Fsp3) is 0.143. The van der Waals surface area contributed by atoms with Gasteiger partial charge in [0, 0.05) is 27.2 Å². The van der Waals surface area contributed by atoms with Gasteiger partial charge in [-0.2, -0.15) is 0 Å². The van der Waals surface area contributed by atoms with Crippen molar-refractivity contribution in [1.82, 2.24) is 4.90 Å².